The van der Waals surface area contributed by atoms with Gasteiger partial charge in [0.1, 0.15) is 5.76 Å². The fourth-order valence-corrected chi connectivity index (χ4v) is 2.92. The highest BCUT2D eigenvalue weighted by Gasteiger charge is 2.25. The lowest BCUT2D eigenvalue weighted by Gasteiger charge is -2.27. The largest absolute Gasteiger partial charge is 0.468 e. The van der Waals surface area contributed by atoms with Gasteiger partial charge in [0.15, 0.2) is 0 Å². The molecule has 3 N–H and O–H groups in total. The summed E-state index contributed by atoms with van der Waals surface area (Å²) < 4.78 is 5.28. The SMILES string of the molecule is NC(CO)(CCSCc1ccco1)c1ccccc1. The van der Waals surface area contributed by atoms with Crippen LogP contribution in [0.3, 0.4) is 0 Å². The summed E-state index contributed by atoms with van der Waals surface area (Å²) in [6.45, 7) is -0.0433. The lowest BCUT2D eigenvalue weighted by Crippen LogP contribution is -2.41. The molecule has 4 heteroatoms. The summed E-state index contributed by atoms with van der Waals surface area (Å²) in [5.41, 5.74) is 6.62. The van der Waals surface area contributed by atoms with E-state index in [1.54, 1.807) is 18.0 Å². The fraction of sp³-hybridized carbons (Fsp3) is 0.333. The van der Waals surface area contributed by atoms with Gasteiger partial charge in [0, 0.05) is 0 Å². The van der Waals surface area contributed by atoms with E-state index in [0.29, 0.717) is 0 Å². The molecular formula is C15H19NO2S. The zero-order chi connectivity index (χ0) is 13.6. The van der Waals surface area contributed by atoms with Gasteiger partial charge in [-0.25, -0.2) is 0 Å². The molecular weight excluding hydrogens is 258 g/mol. The Balaban J connectivity index is 1.85. The van der Waals surface area contributed by atoms with Crippen molar-refractivity contribution < 1.29 is 9.52 Å². The molecule has 19 heavy (non-hydrogen) atoms. The molecule has 0 bridgehead atoms. The lowest BCUT2D eigenvalue weighted by atomic mass is 9.89. The summed E-state index contributed by atoms with van der Waals surface area (Å²) >= 11 is 1.76. The van der Waals surface area contributed by atoms with Crippen LogP contribution in [0.25, 0.3) is 0 Å². The first-order valence-corrected chi connectivity index (χ1v) is 7.45. The van der Waals surface area contributed by atoms with Crippen LogP contribution < -0.4 is 5.73 Å². The van der Waals surface area contributed by atoms with Crippen LogP contribution in [0.5, 0.6) is 0 Å². The van der Waals surface area contributed by atoms with Crippen LogP contribution in [-0.2, 0) is 11.3 Å². The van der Waals surface area contributed by atoms with Crippen molar-refractivity contribution in [1.29, 1.82) is 0 Å². The molecule has 1 unspecified atom stereocenters. The Morgan fingerprint density at radius 2 is 1.95 bits per heavy atom. The van der Waals surface area contributed by atoms with Gasteiger partial charge in [-0.2, -0.15) is 11.8 Å². The van der Waals surface area contributed by atoms with E-state index in [4.69, 9.17) is 10.2 Å². The molecule has 2 rings (SSSR count). The molecule has 0 aliphatic heterocycles. The number of thioether (sulfide) groups is 1. The average molecular weight is 277 g/mol. The van der Waals surface area contributed by atoms with E-state index in [1.807, 2.05) is 42.5 Å². The highest BCUT2D eigenvalue weighted by Crippen LogP contribution is 2.24. The number of aliphatic hydroxyl groups excluding tert-OH is 1. The summed E-state index contributed by atoms with van der Waals surface area (Å²) in [4.78, 5) is 0. The monoisotopic (exact) mass is 277 g/mol. The predicted octanol–water partition coefficient (Wildman–Crippen LogP) is 2.75. The summed E-state index contributed by atoms with van der Waals surface area (Å²) in [5, 5.41) is 9.57. The van der Waals surface area contributed by atoms with Crippen LogP contribution in [0.4, 0.5) is 0 Å². The lowest BCUT2D eigenvalue weighted by molar-refractivity contribution is 0.193. The molecule has 1 atom stereocenters. The first-order valence-electron chi connectivity index (χ1n) is 6.30. The minimum atomic E-state index is -0.655. The second kappa shape index (κ2) is 6.80. The van der Waals surface area contributed by atoms with Crippen molar-refractivity contribution in [2.45, 2.75) is 17.7 Å². The van der Waals surface area contributed by atoms with E-state index in [-0.39, 0.29) is 6.61 Å². The molecule has 0 aliphatic carbocycles. The van der Waals surface area contributed by atoms with Crippen LogP contribution in [-0.4, -0.2) is 17.5 Å². The third-order valence-corrected chi connectivity index (χ3v) is 4.13. The van der Waals surface area contributed by atoms with Gasteiger partial charge in [-0.3, -0.25) is 0 Å². The van der Waals surface area contributed by atoms with E-state index in [1.165, 1.54) is 0 Å². The Morgan fingerprint density at radius 3 is 2.58 bits per heavy atom. The first-order chi connectivity index (χ1) is 9.24. The number of rotatable bonds is 7. The highest BCUT2D eigenvalue weighted by atomic mass is 32.2. The zero-order valence-electron chi connectivity index (χ0n) is 10.8. The molecule has 102 valence electrons. The second-order valence-electron chi connectivity index (χ2n) is 4.56. The molecule has 0 amide bonds. The first kappa shape index (κ1) is 14.2. The molecule has 1 aromatic heterocycles. The molecule has 0 spiro atoms. The Bertz CT molecular complexity index is 472. The van der Waals surface area contributed by atoms with Gasteiger partial charge in [0.25, 0.3) is 0 Å². The maximum absolute atomic E-state index is 9.57. The zero-order valence-corrected chi connectivity index (χ0v) is 11.6. The molecule has 0 saturated carbocycles. The highest BCUT2D eigenvalue weighted by molar-refractivity contribution is 7.98. The normalized spacial score (nSPS) is 14.2. The van der Waals surface area contributed by atoms with E-state index in [2.05, 4.69) is 0 Å². The molecule has 0 aliphatic rings. The van der Waals surface area contributed by atoms with E-state index in [0.717, 1.165) is 29.3 Å². The van der Waals surface area contributed by atoms with Crippen molar-refractivity contribution in [3.05, 3.63) is 60.1 Å². The average Bonchev–Trinajstić information content (AvgIpc) is 2.97. The topological polar surface area (TPSA) is 59.4 Å². The van der Waals surface area contributed by atoms with Gasteiger partial charge in [0.2, 0.25) is 0 Å². The maximum atomic E-state index is 9.57. The quantitative estimate of drug-likeness (QED) is 0.764. The van der Waals surface area contributed by atoms with Crippen molar-refractivity contribution >= 4 is 11.8 Å². The van der Waals surface area contributed by atoms with Crippen LogP contribution in [0.15, 0.2) is 53.1 Å². The van der Waals surface area contributed by atoms with Gasteiger partial charge in [-0.05, 0) is 29.9 Å². The van der Waals surface area contributed by atoms with Gasteiger partial charge < -0.3 is 15.3 Å². The molecule has 2 aromatic rings. The fourth-order valence-electron chi connectivity index (χ4n) is 1.91. The number of benzene rings is 1. The Morgan fingerprint density at radius 1 is 1.16 bits per heavy atom. The van der Waals surface area contributed by atoms with Gasteiger partial charge in [-0.1, -0.05) is 30.3 Å². The van der Waals surface area contributed by atoms with Crippen molar-refractivity contribution in [2.24, 2.45) is 5.73 Å². The van der Waals surface area contributed by atoms with Crippen LogP contribution >= 0.6 is 11.8 Å². The van der Waals surface area contributed by atoms with Crippen LogP contribution in [0, 0.1) is 0 Å². The maximum Gasteiger partial charge on any atom is 0.113 e. The Labute approximate surface area is 117 Å². The van der Waals surface area contributed by atoms with Gasteiger partial charge in [-0.15, -0.1) is 0 Å². The van der Waals surface area contributed by atoms with E-state index >= 15 is 0 Å². The molecule has 0 radical (unpaired) electrons. The van der Waals surface area contributed by atoms with Crippen molar-refractivity contribution in [3.63, 3.8) is 0 Å². The molecule has 1 aromatic carbocycles. The van der Waals surface area contributed by atoms with Crippen molar-refractivity contribution in [3.8, 4) is 0 Å². The number of hydrogen-bond donors (Lipinski definition) is 2. The standard InChI is InChI=1S/C15H19NO2S/c16-15(12-17,13-5-2-1-3-6-13)8-10-19-11-14-7-4-9-18-14/h1-7,9,17H,8,10-12,16H2. The number of furan rings is 1. The summed E-state index contributed by atoms with van der Waals surface area (Å²) in [6, 6.07) is 13.6. The smallest absolute Gasteiger partial charge is 0.113 e. The molecule has 1 heterocycles. The minimum absolute atomic E-state index is 0.0433. The summed E-state index contributed by atoms with van der Waals surface area (Å²) in [7, 11) is 0. The third-order valence-electron chi connectivity index (χ3n) is 3.15. The second-order valence-corrected chi connectivity index (χ2v) is 5.67. The van der Waals surface area contributed by atoms with Crippen LogP contribution in [0.2, 0.25) is 0 Å². The predicted molar refractivity (Wildman–Crippen MR) is 78.9 cm³/mol. The summed E-state index contributed by atoms with van der Waals surface area (Å²) in [6.07, 6.45) is 2.42. The van der Waals surface area contributed by atoms with Crippen LogP contribution in [0.1, 0.15) is 17.7 Å². The Kier molecular flexibility index (Phi) is 5.07. The third kappa shape index (κ3) is 3.86. The van der Waals surface area contributed by atoms with Crippen molar-refractivity contribution in [1.82, 2.24) is 0 Å². The Hall–Kier alpha value is -1.23. The van der Waals surface area contributed by atoms with Gasteiger partial charge in [0.05, 0.1) is 24.2 Å². The van der Waals surface area contributed by atoms with Crippen molar-refractivity contribution in [2.75, 3.05) is 12.4 Å². The molecule has 3 nitrogen and oxygen atoms in total. The van der Waals surface area contributed by atoms with E-state index in [9.17, 15) is 5.11 Å². The molecule has 0 saturated heterocycles. The number of aliphatic hydroxyl groups is 1. The van der Waals surface area contributed by atoms with E-state index < -0.39 is 5.54 Å². The van der Waals surface area contributed by atoms with Gasteiger partial charge >= 0.3 is 0 Å². The summed E-state index contributed by atoms with van der Waals surface area (Å²) in [5.74, 6) is 2.69. The number of nitrogens with two attached hydrogens (primary N) is 1. The molecule has 0 fully saturated rings. The minimum Gasteiger partial charge on any atom is -0.468 e. The number of hydrogen-bond acceptors (Lipinski definition) is 4.